The summed E-state index contributed by atoms with van der Waals surface area (Å²) in [5.74, 6) is 5.22. The van der Waals surface area contributed by atoms with Crippen molar-refractivity contribution in [3.05, 3.63) is 28.3 Å². The van der Waals surface area contributed by atoms with Crippen LogP contribution in [-0.2, 0) is 0 Å². The van der Waals surface area contributed by atoms with Gasteiger partial charge in [-0.3, -0.25) is 16.0 Å². The van der Waals surface area contributed by atoms with E-state index in [0.717, 1.165) is 0 Å². The van der Waals surface area contributed by atoms with Crippen molar-refractivity contribution in [2.24, 2.45) is 5.84 Å². The first-order chi connectivity index (χ1) is 7.58. The Labute approximate surface area is 92.6 Å². The molecule has 0 unspecified atom stereocenters. The van der Waals surface area contributed by atoms with Crippen molar-refractivity contribution < 1.29 is 10.0 Å². The zero-order chi connectivity index (χ0) is 12.1. The Bertz CT molecular complexity index is 383. The number of nitro benzene ring substituents is 1. The van der Waals surface area contributed by atoms with Crippen LogP contribution in [0.1, 0.15) is 0 Å². The maximum atomic E-state index is 10.7. The molecule has 0 spiro atoms. The monoisotopic (exact) mass is 226 g/mol. The van der Waals surface area contributed by atoms with Crippen LogP contribution in [0.15, 0.2) is 18.2 Å². The first-order valence-corrected chi connectivity index (χ1v) is 4.66. The van der Waals surface area contributed by atoms with Gasteiger partial charge in [0.05, 0.1) is 17.2 Å². The number of hydrogen-bond acceptors (Lipinski definition) is 6. The van der Waals surface area contributed by atoms with Crippen LogP contribution in [-0.4, -0.2) is 30.2 Å². The maximum absolute atomic E-state index is 10.7. The topological polar surface area (TPSA) is 105 Å². The van der Waals surface area contributed by atoms with Gasteiger partial charge in [-0.2, -0.15) is 0 Å². The van der Waals surface area contributed by atoms with Crippen molar-refractivity contribution in [1.82, 2.24) is 0 Å². The average Bonchev–Trinajstić information content (AvgIpc) is 2.28. The molecule has 1 rings (SSSR count). The van der Waals surface area contributed by atoms with Gasteiger partial charge in [0, 0.05) is 31.4 Å². The second-order valence-corrected chi connectivity index (χ2v) is 3.28. The van der Waals surface area contributed by atoms with Gasteiger partial charge in [0.1, 0.15) is 0 Å². The number of aliphatic hydroxyl groups excluding tert-OH is 1. The average molecular weight is 226 g/mol. The van der Waals surface area contributed by atoms with Crippen LogP contribution in [0.25, 0.3) is 0 Å². The molecule has 7 nitrogen and oxygen atoms in total. The quantitative estimate of drug-likeness (QED) is 0.379. The number of benzene rings is 1. The molecule has 16 heavy (non-hydrogen) atoms. The van der Waals surface area contributed by atoms with Gasteiger partial charge in [0.25, 0.3) is 5.69 Å². The highest BCUT2D eigenvalue weighted by Crippen LogP contribution is 2.25. The Balaban J connectivity index is 3.08. The van der Waals surface area contributed by atoms with Gasteiger partial charge < -0.3 is 15.4 Å². The van der Waals surface area contributed by atoms with Crippen LogP contribution in [0.4, 0.5) is 17.1 Å². The van der Waals surface area contributed by atoms with Crippen molar-refractivity contribution in [3.63, 3.8) is 0 Å². The standard InChI is InChI=1S/C9H14N4O3/c1-12(2-3-14)8-4-7(11-10)5-9(6-8)13(15)16/h4-6,11,14H,2-3,10H2,1H3. The minimum absolute atomic E-state index is 0.0232. The summed E-state index contributed by atoms with van der Waals surface area (Å²) in [5, 5.41) is 19.5. The fourth-order valence-corrected chi connectivity index (χ4v) is 1.28. The molecule has 0 bridgehead atoms. The number of nitrogens with zero attached hydrogens (tertiary/aromatic N) is 2. The summed E-state index contributed by atoms with van der Waals surface area (Å²) in [4.78, 5) is 11.9. The van der Waals surface area contributed by atoms with Gasteiger partial charge in [0.2, 0.25) is 0 Å². The zero-order valence-electron chi connectivity index (χ0n) is 8.88. The van der Waals surface area contributed by atoms with E-state index < -0.39 is 4.92 Å². The molecule has 0 saturated carbocycles. The summed E-state index contributed by atoms with van der Waals surface area (Å²) in [6, 6.07) is 4.44. The molecule has 0 aromatic heterocycles. The minimum atomic E-state index is -0.489. The number of aliphatic hydroxyl groups is 1. The number of hydrogen-bond donors (Lipinski definition) is 3. The second kappa shape index (κ2) is 5.29. The van der Waals surface area contributed by atoms with Crippen LogP contribution >= 0.6 is 0 Å². The van der Waals surface area contributed by atoms with Crippen molar-refractivity contribution in [2.45, 2.75) is 0 Å². The fraction of sp³-hybridized carbons (Fsp3) is 0.333. The van der Waals surface area contributed by atoms with Crippen LogP contribution in [0.2, 0.25) is 0 Å². The lowest BCUT2D eigenvalue weighted by Gasteiger charge is -2.18. The molecule has 4 N–H and O–H groups in total. The van der Waals surface area contributed by atoms with Crippen molar-refractivity contribution >= 4 is 17.1 Å². The molecule has 1 aromatic carbocycles. The van der Waals surface area contributed by atoms with Gasteiger partial charge in [0.15, 0.2) is 0 Å². The molecular weight excluding hydrogens is 212 g/mol. The number of nitro groups is 1. The van der Waals surface area contributed by atoms with Gasteiger partial charge in [-0.25, -0.2) is 0 Å². The van der Waals surface area contributed by atoms with Gasteiger partial charge in [-0.1, -0.05) is 0 Å². The summed E-state index contributed by atoms with van der Waals surface area (Å²) in [7, 11) is 1.73. The van der Waals surface area contributed by atoms with E-state index in [1.54, 1.807) is 18.0 Å². The molecule has 0 aliphatic heterocycles. The zero-order valence-corrected chi connectivity index (χ0v) is 8.88. The molecule has 88 valence electrons. The third-order valence-electron chi connectivity index (χ3n) is 2.16. The number of non-ortho nitro benzene ring substituents is 1. The Kier molecular flexibility index (Phi) is 4.03. The van der Waals surface area contributed by atoms with E-state index >= 15 is 0 Å². The highest BCUT2D eigenvalue weighted by Gasteiger charge is 2.11. The van der Waals surface area contributed by atoms with E-state index in [2.05, 4.69) is 5.43 Å². The molecule has 0 aliphatic rings. The van der Waals surface area contributed by atoms with Gasteiger partial charge in [-0.05, 0) is 6.07 Å². The van der Waals surface area contributed by atoms with E-state index in [4.69, 9.17) is 10.9 Å². The number of hydrazine groups is 1. The second-order valence-electron chi connectivity index (χ2n) is 3.28. The fourth-order valence-electron chi connectivity index (χ4n) is 1.28. The minimum Gasteiger partial charge on any atom is -0.395 e. The summed E-state index contributed by atoms with van der Waals surface area (Å²) in [5.41, 5.74) is 3.39. The highest BCUT2D eigenvalue weighted by atomic mass is 16.6. The lowest BCUT2D eigenvalue weighted by molar-refractivity contribution is -0.384. The van der Waals surface area contributed by atoms with E-state index in [1.165, 1.54) is 12.1 Å². The molecule has 0 atom stereocenters. The Hall–Kier alpha value is -1.86. The van der Waals surface area contributed by atoms with Crippen molar-refractivity contribution in [2.75, 3.05) is 30.5 Å². The Morgan fingerprint density at radius 1 is 1.56 bits per heavy atom. The number of rotatable bonds is 5. The number of nitrogens with two attached hydrogens (primary N) is 1. The lowest BCUT2D eigenvalue weighted by atomic mass is 10.2. The van der Waals surface area contributed by atoms with E-state index in [1.807, 2.05) is 0 Å². The Morgan fingerprint density at radius 2 is 2.25 bits per heavy atom. The lowest BCUT2D eigenvalue weighted by Crippen LogP contribution is -2.21. The van der Waals surface area contributed by atoms with Gasteiger partial charge >= 0.3 is 0 Å². The number of anilines is 2. The highest BCUT2D eigenvalue weighted by molar-refractivity contribution is 5.63. The molecule has 0 heterocycles. The predicted molar refractivity (Wildman–Crippen MR) is 61.3 cm³/mol. The Morgan fingerprint density at radius 3 is 2.75 bits per heavy atom. The molecule has 1 aromatic rings. The molecule has 0 saturated heterocycles. The number of nitrogens with one attached hydrogen (secondary N) is 1. The van der Waals surface area contributed by atoms with Crippen LogP contribution in [0.5, 0.6) is 0 Å². The van der Waals surface area contributed by atoms with Crippen LogP contribution in [0, 0.1) is 10.1 Å². The largest absolute Gasteiger partial charge is 0.395 e. The first kappa shape index (κ1) is 12.2. The first-order valence-electron chi connectivity index (χ1n) is 4.66. The summed E-state index contributed by atoms with van der Waals surface area (Å²) in [6.07, 6.45) is 0. The maximum Gasteiger partial charge on any atom is 0.273 e. The van der Waals surface area contributed by atoms with E-state index in [-0.39, 0.29) is 12.3 Å². The van der Waals surface area contributed by atoms with E-state index in [9.17, 15) is 10.1 Å². The number of likely N-dealkylation sites (N-methyl/N-ethyl adjacent to an activating group) is 1. The molecule has 7 heteroatoms. The number of nitrogen functional groups attached to an aromatic ring is 1. The van der Waals surface area contributed by atoms with Crippen molar-refractivity contribution in [3.8, 4) is 0 Å². The normalized spacial score (nSPS) is 9.94. The smallest absolute Gasteiger partial charge is 0.273 e. The SMILES string of the molecule is CN(CCO)c1cc(NN)cc([N+](=O)[O-])c1. The third-order valence-corrected chi connectivity index (χ3v) is 2.16. The molecule has 0 fully saturated rings. The predicted octanol–water partition coefficient (Wildman–Crippen LogP) is 0.309. The van der Waals surface area contributed by atoms with Crippen LogP contribution < -0.4 is 16.2 Å². The summed E-state index contributed by atoms with van der Waals surface area (Å²) >= 11 is 0. The molecule has 0 amide bonds. The summed E-state index contributed by atoms with van der Waals surface area (Å²) in [6.45, 7) is 0.371. The summed E-state index contributed by atoms with van der Waals surface area (Å²) < 4.78 is 0. The molecule has 0 aliphatic carbocycles. The van der Waals surface area contributed by atoms with Gasteiger partial charge in [-0.15, -0.1) is 0 Å². The van der Waals surface area contributed by atoms with Crippen molar-refractivity contribution in [1.29, 1.82) is 0 Å². The van der Waals surface area contributed by atoms with E-state index in [0.29, 0.717) is 17.9 Å². The molecular formula is C9H14N4O3. The molecule has 0 radical (unpaired) electrons. The van der Waals surface area contributed by atoms with Crippen LogP contribution in [0.3, 0.4) is 0 Å². The third kappa shape index (κ3) is 2.81.